The highest BCUT2D eigenvalue weighted by Crippen LogP contribution is 2.49. The van der Waals surface area contributed by atoms with Gasteiger partial charge in [0.25, 0.3) is 34.1 Å². The number of amides is 4. The Bertz CT molecular complexity index is 3140. The number of unbranched alkanes of at least 4 members (excludes halogenated alkanes) is 14. The summed E-state index contributed by atoms with van der Waals surface area (Å²) in [6, 6.07) is 14.2. The van der Waals surface area contributed by atoms with Gasteiger partial charge in [-0.3, -0.25) is 9.00 Å². The number of benzene rings is 2. The van der Waals surface area contributed by atoms with E-state index < -0.39 is 50.8 Å². The molecule has 2 aliphatic rings. The molecule has 6 N–H and O–H groups in total. The largest absolute Gasteiger partial charge is 0.768 e. The molecular weight excluding hydrogens is 1670 g/mol. The first-order chi connectivity index (χ1) is 58.1. The average Bonchev–Trinajstić information content (AvgIpc) is 1.70. The van der Waals surface area contributed by atoms with Gasteiger partial charge in [-0.05, 0) is 224 Å². The van der Waals surface area contributed by atoms with Crippen molar-refractivity contribution in [2.24, 2.45) is 5.73 Å². The molecule has 2 aromatic carbocycles. The number of thioether (sulfide) groups is 1. The van der Waals surface area contributed by atoms with E-state index in [9.17, 15) is 23.1 Å². The van der Waals surface area contributed by atoms with Crippen LogP contribution in [0.2, 0.25) is 0 Å². The number of fused-ring (bicyclic) bond motifs is 2. The highest BCUT2D eigenvalue weighted by atomic mass is 32.2. The second-order valence-electron chi connectivity index (χ2n) is 33.3. The van der Waals surface area contributed by atoms with Gasteiger partial charge in [0, 0.05) is 110 Å². The van der Waals surface area contributed by atoms with Gasteiger partial charge in [0.1, 0.15) is 32.0 Å². The lowest BCUT2D eigenvalue weighted by molar-refractivity contribution is -0.121. The van der Waals surface area contributed by atoms with Crippen LogP contribution in [-0.2, 0) is 56.8 Å². The topological polar surface area (TPSA) is 282 Å². The first kappa shape index (κ1) is 118. The van der Waals surface area contributed by atoms with E-state index >= 15 is 0 Å². The molecule has 4 rings (SSSR count). The van der Waals surface area contributed by atoms with Crippen molar-refractivity contribution in [2.75, 3.05) is 123 Å². The minimum Gasteiger partial charge on any atom is -0.768 e. The van der Waals surface area contributed by atoms with Crippen molar-refractivity contribution >= 4 is 91.4 Å². The maximum atomic E-state index is 12.1. The van der Waals surface area contributed by atoms with Gasteiger partial charge in [-0.1, -0.05) is 102 Å². The molecule has 0 radical (unpaired) electrons. The molecule has 122 heavy (non-hydrogen) atoms. The number of alkyl carbamates (subject to hydrolysis) is 1. The number of hydrogen-bond donors (Lipinski definition) is 5. The Morgan fingerprint density at radius 3 is 1.25 bits per heavy atom. The number of nitrogens with zero attached hydrogens (tertiary/aromatic N) is 9. The summed E-state index contributed by atoms with van der Waals surface area (Å²) in [6.45, 7) is 77.8. The van der Waals surface area contributed by atoms with Crippen molar-refractivity contribution in [3.8, 4) is 0 Å². The van der Waals surface area contributed by atoms with Crippen molar-refractivity contribution in [1.82, 2.24) is 39.9 Å². The van der Waals surface area contributed by atoms with Crippen LogP contribution in [0.5, 0.6) is 0 Å². The van der Waals surface area contributed by atoms with Crippen LogP contribution in [0.25, 0.3) is 30.2 Å². The van der Waals surface area contributed by atoms with Crippen molar-refractivity contribution in [2.45, 2.75) is 349 Å². The quantitative estimate of drug-likeness (QED) is 0.0135. The zero-order valence-electron chi connectivity index (χ0n) is 78.9. The first-order valence-electron chi connectivity index (χ1n) is 44.7. The summed E-state index contributed by atoms with van der Waals surface area (Å²) in [7, 11) is -0.547. The average molecular weight is 1830 g/mol. The van der Waals surface area contributed by atoms with E-state index in [1.165, 1.54) is 25.7 Å². The Balaban J connectivity index is 0. The molecule has 0 spiro atoms. The minimum absolute atomic E-state index is 0. The van der Waals surface area contributed by atoms with Crippen molar-refractivity contribution in [1.29, 1.82) is 0 Å². The fourth-order valence-electron chi connectivity index (χ4n) is 13.2. The second-order valence-corrected chi connectivity index (χ2v) is 41.3. The number of carbonyl (C=O) groups excluding carboxylic acids is 3. The van der Waals surface area contributed by atoms with E-state index in [2.05, 4.69) is 177 Å². The van der Waals surface area contributed by atoms with Gasteiger partial charge in [-0.25, -0.2) is 54.6 Å². The molecular formula is C88H165N14O14P4S2-. The molecule has 0 aliphatic carbocycles. The molecule has 0 bridgehead atoms. The maximum absolute atomic E-state index is 12.1. The number of nitrogens with two attached hydrogens (primary N) is 1. The Labute approximate surface area is 753 Å². The molecule has 4 amide bonds. The molecule has 0 aromatic heterocycles. The fraction of sp³-hybridized carbons (Fsp3) is 0.807. The highest BCUT2D eigenvalue weighted by molar-refractivity contribution is 8.00. The molecule has 2 fully saturated rings. The Kier molecular flexibility index (Phi) is 70.7. The van der Waals surface area contributed by atoms with Gasteiger partial charge in [-0.2, -0.15) is 11.8 Å². The fourth-order valence-corrected chi connectivity index (χ4v) is 21.7. The Morgan fingerprint density at radius 1 is 0.525 bits per heavy atom. The SMILES string of the molecule is CN(C)c1cccc2c(S(=O)[O-])cccc12.[C-]#[N+]CCOP(OCCCCCCC)N(C(C)C)C(C)C.[C-]#[N+]CCOP(OCCCCCCN)N(C(C)C)C(C)C.[C-]#[N+]CCOP(OCCCCCCNC(=O)CCCCC1SCC2NC(=O)NC21)N(C(C)C)C(C)C.[C-]#[N+]CCOP(OCCCCCCNC(=O)OC(C)(C)C)N(C(C)C)C(C)C.[HH]. The van der Waals surface area contributed by atoms with Gasteiger partial charge in [0.15, 0.2) is 0 Å². The Hall–Kier alpha value is -3.87. The lowest BCUT2D eigenvalue weighted by atomic mass is 10.0. The van der Waals surface area contributed by atoms with E-state index in [0.717, 1.165) is 145 Å². The number of carbonyl (C=O) groups is 3. The van der Waals surface area contributed by atoms with Crippen LogP contribution in [0.15, 0.2) is 41.3 Å². The number of anilines is 1. The van der Waals surface area contributed by atoms with Crippen LogP contribution in [-0.4, -0.2) is 235 Å². The molecule has 0 saturated carbocycles. The predicted octanol–water partition coefficient (Wildman–Crippen LogP) is 21.5. The molecule has 2 aliphatic heterocycles. The van der Waals surface area contributed by atoms with Crippen LogP contribution in [0.4, 0.5) is 15.3 Å². The molecule has 2 heterocycles. The lowest BCUT2D eigenvalue weighted by Gasteiger charge is -2.35. The van der Waals surface area contributed by atoms with E-state index in [1.54, 1.807) is 12.1 Å². The molecule has 8 unspecified atom stereocenters. The number of ether oxygens (including phenoxy) is 1. The standard InChI is InChI=1S/C25H46N5O4PS.C20H40N3O4P.C16H33N2O2P.C15H32N3O2P.C12H13NO2S.H2/c1-19(2)30(20(3)4)35(34-17-15-26-5)33-16-11-7-6-10-14-27-23(31)13-9-8-12-22-24-21(18-36-22)28-25(32)29-24;1-17(2)23(18(3)4)28(26-16-14-21-8)25-15-12-10-9-11-13-22-19(24)27-20(5,6)7;1-7-8-9-10-11-13-19-21(20-14-12-17-6)18(15(2)3)16(4)5;1-14(2)18(15(3)4)21(20-13-11-17-5)19-12-9-7-6-8-10-16;1-13(2)11-7-3-6-10-9(11)5-4-8-12(10)16(14)15;/h19-22,24H,6-18H2,1-4H3,(H,27,31)(H2,28,29,32);17-18H,9-16H2,1-7H3,(H,22,24);15-16H,7-14H2,1-5H3;14-15H,6-13,16H2,1-4H3;3-8H,1-2H3,(H,14,15);1H/p-1. The van der Waals surface area contributed by atoms with Crippen LogP contribution >= 0.6 is 45.9 Å². The summed E-state index contributed by atoms with van der Waals surface area (Å²) in [5.74, 6) is 1.11. The second kappa shape index (κ2) is 73.0. The lowest BCUT2D eigenvalue weighted by Crippen LogP contribution is -2.36. The molecule has 28 nitrogen and oxygen atoms in total. The van der Waals surface area contributed by atoms with E-state index in [1.807, 2.05) is 75.8 Å². The summed E-state index contributed by atoms with van der Waals surface area (Å²) in [4.78, 5) is 50.9. The van der Waals surface area contributed by atoms with E-state index in [4.69, 9.17) is 72.9 Å². The predicted molar refractivity (Wildman–Crippen MR) is 512 cm³/mol. The third kappa shape index (κ3) is 55.1. The van der Waals surface area contributed by atoms with Gasteiger partial charge in [-0.15, -0.1) is 0 Å². The number of rotatable bonds is 61. The summed E-state index contributed by atoms with van der Waals surface area (Å²) in [5.41, 5.74) is 6.04. The number of urea groups is 1. The molecule has 8 atom stereocenters. The third-order valence-electron chi connectivity index (χ3n) is 18.5. The van der Waals surface area contributed by atoms with Gasteiger partial charge in [0.05, 0.1) is 38.5 Å². The molecule has 34 heteroatoms. The molecule has 2 aromatic rings. The zero-order valence-corrected chi connectivity index (χ0v) is 84.1. The summed E-state index contributed by atoms with van der Waals surface area (Å²) in [5, 5.41) is 14.0. The van der Waals surface area contributed by atoms with E-state index in [-0.39, 0.29) is 31.5 Å². The summed E-state index contributed by atoms with van der Waals surface area (Å²) in [6.07, 6.45) is 21.7. The van der Waals surface area contributed by atoms with Crippen LogP contribution in [0.3, 0.4) is 0 Å². The number of nitrogens with one attached hydrogen (secondary N) is 4. The summed E-state index contributed by atoms with van der Waals surface area (Å²) < 4.78 is 84.0. The van der Waals surface area contributed by atoms with Gasteiger partial charge < -0.3 is 96.8 Å². The normalized spacial score (nSPS) is 15.6. The molecule has 2 saturated heterocycles. The smallest absolute Gasteiger partial charge is 0.407 e. The monoisotopic (exact) mass is 1830 g/mol. The van der Waals surface area contributed by atoms with Crippen molar-refractivity contribution < 1.29 is 65.5 Å². The van der Waals surface area contributed by atoms with Crippen LogP contribution < -0.4 is 31.9 Å². The van der Waals surface area contributed by atoms with Crippen molar-refractivity contribution in [3.63, 3.8) is 0 Å². The summed E-state index contributed by atoms with van der Waals surface area (Å²) >= 11 is -0.270. The maximum Gasteiger partial charge on any atom is 0.407 e. The van der Waals surface area contributed by atoms with Crippen LogP contribution in [0.1, 0.15) is 275 Å². The third-order valence-corrected chi connectivity index (χ3v) is 29.1. The molecule has 704 valence electrons. The van der Waals surface area contributed by atoms with Gasteiger partial charge >= 0.3 is 12.1 Å². The number of hydrogen-bond acceptors (Lipinski definition) is 21. The van der Waals surface area contributed by atoms with E-state index in [0.29, 0.717) is 144 Å². The van der Waals surface area contributed by atoms with Crippen LogP contribution in [0, 0.1) is 26.3 Å². The highest BCUT2D eigenvalue weighted by Gasteiger charge is 2.43. The zero-order chi connectivity index (χ0) is 91.8. The minimum atomic E-state index is -2.19. The van der Waals surface area contributed by atoms with Gasteiger partial charge in [0.2, 0.25) is 32.1 Å². The van der Waals surface area contributed by atoms with Crippen molar-refractivity contribution in [3.05, 3.63) is 82.1 Å². The Morgan fingerprint density at radius 2 is 0.885 bits per heavy atom. The first-order valence-corrected chi connectivity index (χ1v) is 51.4.